The molecular formula is C7H14N2. The van der Waals surface area contributed by atoms with Crippen LogP contribution in [0.5, 0.6) is 0 Å². The lowest BCUT2D eigenvalue weighted by Crippen LogP contribution is -2.03. The lowest BCUT2D eigenvalue weighted by atomic mass is 10.2. The van der Waals surface area contributed by atoms with Crippen molar-refractivity contribution in [3.8, 4) is 0 Å². The van der Waals surface area contributed by atoms with Crippen molar-refractivity contribution in [1.29, 1.82) is 0 Å². The van der Waals surface area contributed by atoms with E-state index in [9.17, 15) is 0 Å². The fourth-order valence-electron chi connectivity index (χ4n) is 0.440. The van der Waals surface area contributed by atoms with E-state index in [2.05, 4.69) is 0 Å². The Hall–Kier alpha value is -0.920. The van der Waals surface area contributed by atoms with Gasteiger partial charge in [0.05, 0.1) is 0 Å². The van der Waals surface area contributed by atoms with Gasteiger partial charge in [-0.2, -0.15) is 0 Å². The first-order chi connectivity index (χ1) is 4.20. The second-order valence-corrected chi connectivity index (χ2v) is 1.90. The van der Waals surface area contributed by atoms with Crippen LogP contribution < -0.4 is 11.5 Å². The number of hydrogen-bond acceptors (Lipinski definition) is 2. The SMILES string of the molecule is C/C=C(/N)C/C(N)=C\C. The molecule has 0 amide bonds. The van der Waals surface area contributed by atoms with E-state index < -0.39 is 0 Å². The van der Waals surface area contributed by atoms with Gasteiger partial charge in [0.1, 0.15) is 0 Å². The molecule has 9 heavy (non-hydrogen) atoms. The summed E-state index contributed by atoms with van der Waals surface area (Å²) in [5, 5.41) is 0. The Morgan fingerprint density at radius 2 is 1.44 bits per heavy atom. The predicted octanol–water partition coefficient (Wildman–Crippen LogP) is 1.10. The van der Waals surface area contributed by atoms with Gasteiger partial charge < -0.3 is 11.5 Å². The first-order valence-electron chi connectivity index (χ1n) is 3.02. The van der Waals surface area contributed by atoms with Crippen LogP contribution in [-0.2, 0) is 0 Å². The fraction of sp³-hybridized carbons (Fsp3) is 0.429. The van der Waals surface area contributed by atoms with Crippen LogP contribution in [0, 0.1) is 0 Å². The van der Waals surface area contributed by atoms with E-state index in [0.717, 1.165) is 11.4 Å². The maximum Gasteiger partial charge on any atom is 0.0260 e. The molecule has 0 aliphatic carbocycles. The molecule has 0 aromatic rings. The van der Waals surface area contributed by atoms with Crippen LogP contribution in [-0.4, -0.2) is 0 Å². The van der Waals surface area contributed by atoms with Gasteiger partial charge in [0.15, 0.2) is 0 Å². The van der Waals surface area contributed by atoms with Gasteiger partial charge in [0.2, 0.25) is 0 Å². The molecule has 0 spiro atoms. The number of hydrogen-bond donors (Lipinski definition) is 2. The summed E-state index contributed by atoms with van der Waals surface area (Å²) in [6, 6.07) is 0. The molecule has 2 heteroatoms. The number of nitrogens with two attached hydrogens (primary N) is 2. The molecule has 0 heterocycles. The van der Waals surface area contributed by atoms with Crippen molar-refractivity contribution < 1.29 is 0 Å². The van der Waals surface area contributed by atoms with Crippen molar-refractivity contribution in [3.63, 3.8) is 0 Å². The molecule has 0 aromatic heterocycles. The Balaban J connectivity index is 3.75. The highest BCUT2D eigenvalue weighted by Crippen LogP contribution is 1.98. The first kappa shape index (κ1) is 8.08. The zero-order chi connectivity index (χ0) is 7.28. The molecule has 0 bridgehead atoms. The largest absolute Gasteiger partial charge is 0.402 e. The number of rotatable bonds is 2. The van der Waals surface area contributed by atoms with Gasteiger partial charge >= 0.3 is 0 Å². The molecule has 0 fully saturated rings. The van der Waals surface area contributed by atoms with Crippen LogP contribution in [0.1, 0.15) is 20.3 Å². The summed E-state index contributed by atoms with van der Waals surface area (Å²) in [5.74, 6) is 0. The summed E-state index contributed by atoms with van der Waals surface area (Å²) >= 11 is 0. The third kappa shape index (κ3) is 3.64. The van der Waals surface area contributed by atoms with Gasteiger partial charge in [-0.3, -0.25) is 0 Å². The lowest BCUT2D eigenvalue weighted by Gasteiger charge is -1.98. The van der Waals surface area contributed by atoms with E-state index in [1.807, 2.05) is 26.0 Å². The molecule has 52 valence electrons. The number of allylic oxidation sites excluding steroid dienone is 2. The van der Waals surface area contributed by atoms with Gasteiger partial charge in [-0.1, -0.05) is 12.2 Å². The van der Waals surface area contributed by atoms with Crippen molar-refractivity contribution in [2.75, 3.05) is 0 Å². The van der Waals surface area contributed by atoms with Gasteiger partial charge in [-0.15, -0.1) is 0 Å². The molecular weight excluding hydrogens is 112 g/mol. The third-order valence-electron chi connectivity index (χ3n) is 1.15. The molecule has 0 aliphatic heterocycles. The summed E-state index contributed by atoms with van der Waals surface area (Å²) in [4.78, 5) is 0. The Kier molecular flexibility index (Phi) is 3.60. The van der Waals surface area contributed by atoms with Crippen LogP contribution in [0.25, 0.3) is 0 Å². The van der Waals surface area contributed by atoms with Gasteiger partial charge in [0, 0.05) is 17.8 Å². The molecule has 0 radical (unpaired) electrons. The van der Waals surface area contributed by atoms with Crippen LogP contribution in [0.15, 0.2) is 23.5 Å². The van der Waals surface area contributed by atoms with Crippen molar-refractivity contribution >= 4 is 0 Å². The van der Waals surface area contributed by atoms with Crippen molar-refractivity contribution in [1.82, 2.24) is 0 Å². The standard InChI is InChI=1S/C7H14N2/c1-3-6(8)5-7(9)4-2/h3-4H,5,8-9H2,1-2H3/b6-3+,7-4+. The van der Waals surface area contributed by atoms with Gasteiger partial charge in [-0.25, -0.2) is 0 Å². The third-order valence-corrected chi connectivity index (χ3v) is 1.15. The normalized spacial score (nSPS) is 14.0. The Morgan fingerprint density at radius 1 is 1.11 bits per heavy atom. The summed E-state index contributed by atoms with van der Waals surface area (Å²) in [6.07, 6.45) is 4.40. The zero-order valence-electron chi connectivity index (χ0n) is 6.02. The summed E-state index contributed by atoms with van der Waals surface area (Å²) in [5.41, 5.74) is 12.6. The van der Waals surface area contributed by atoms with Crippen molar-refractivity contribution in [2.24, 2.45) is 11.5 Å². The average molecular weight is 126 g/mol. The smallest absolute Gasteiger partial charge is 0.0260 e. The highest BCUT2D eigenvalue weighted by molar-refractivity contribution is 5.08. The summed E-state index contributed by atoms with van der Waals surface area (Å²) < 4.78 is 0. The van der Waals surface area contributed by atoms with E-state index >= 15 is 0 Å². The topological polar surface area (TPSA) is 52.0 Å². The van der Waals surface area contributed by atoms with E-state index in [1.165, 1.54) is 0 Å². The fourth-order valence-corrected chi connectivity index (χ4v) is 0.440. The molecule has 2 nitrogen and oxygen atoms in total. The highest BCUT2D eigenvalue weighted by atomic mass is 14.6. The Morgan fingerprint density at radius 3 is 1.67 bits per heavy atom. The molecule has 0 rings (SSSR count). The minimum Gasteiger partial charge on any atom is -0.402 e. The minimum atomic E-state index is 0.688. The monoisotopic (exact) mass is 126 g/mol. The maximum atomic E-state index is 5.49. The highest BCUT2D eigenvalue weighted by Gasteiger charge is 1.88. The van der Waals surface area contributed by atoms with Crippen LogP contribution in [0.4, 0.5) is 0 Å². The van der Waals surface area contributed by atoms with E-state index in [0.29, 0.717) is 6.42 Å². The van der Waals surface area contributed by atoms with E-state index in [4.69, 9.17) is 11.5 Å². The predicted molar refractivity (Wildman–Crippen MR) is 40.5 cm³/mol. The lowest BCUT2D eigenvalue weighted by molar-refractivity contribution is 1.04. The second kappa shape index (κ2) is 4.01. The summed E-state index contributed by atoms with van der Waals surface area (Å²) in [7, 11) is 0. The zero-order valence-corrected chi connectivity index (χ0v) is 6.02. The van der Waals surface area contributed by atoms with Crippen molar-refractivity contribution in [3.05, 3.63) is 23.5 Å². The van der Waals surface area contributed by atoms with Crippen molar-refractivity contribution in [2.45, 2.75) is 20.3 Å². The van der Waals surface area contributed by atoms with E-state index in [1.54, 1.807) is 0 Å². The minimum absolute atomic E-state index is 0.688. The quantitative estimate of drug-likeness (QED) is 0.582. The summed E-state index contributed by atoms with van der Waals surface area (Å²) in [6.45, 7) is 3.80. The Labute approximate surface area is 56.2 Å². The van der Waals surface area contributed by atoms with Crippen LogP contribution in [0.2, 0.25) is 0 Å². The molecule has 0 saturated carbocycles. The molecule has 0 atom stereocenters. The molecule has 0 aromatic carbocycles. The second-order valence-electron chi connectivity index (χ2n) is 1.90. The first-order valence-corrected chi connectivity index (χ1v) is 3.02. The Bertz CT molecular complexity index is 118. The molecule has 0 aliphatic rings. The van der Waals surface area contributed by atoms with Gasteiger partial charge in [0.25, 0.3) is 0 Å². The van der Waals surface area contributed by atoms with E-state index in [-0.39, 0.29) is 0 Å². The van der Waals surface area contributed by atoms with Crippen LogP contribution in [0.3, 0.4) is 0 Å². The molecule has 4 N–H and O–H groups in total. The molecule has 0 unspecified atom stereocenters. The molecule has 0 saturated heterocycles. The average Bonchev–Trinajstić information content (AvgIpc) is 1.87. The maximum absolute atomic E-state index is 5.49. The van der Waals surface area contributed by atoms with Crippen LogP contribution >= 0.6 is 0 Å². The van der Waals surface area contributed by atoms with Gasteiger partial charge in [-0.05, 0) is 13.8 Å².